The third-order valence-corrected chi connectivity index (χ3v) is 8.18. The highest BCUT2D eigenvalue weighted by molar-refractivity contribution is 6.67. The van der Waals surface area contributed by atoms with Gasteiger partial charge in [-0.3, -0.25) is 29.2 Å². The third kappa shape index (κ3) is 11.0. The Hall–Kier alpha value is -3.00. The first-order chi connectivity index (χ1) is 22.4. The topological polar surface area (TPSA) is 159 Å². The standard InChI is InChI=1S/C33H44Cl3N5O7/c1-19(2)27(28(43)37-20(3)29(44)41-15-7-8-25(40-41)30(45)48-18-33(34,35)36)39-31(46)32(5,17-47-6)14-13-22-9-10-23-11-12-24(21(4)42)38-26(23)16-22/h9-14,16,19-21,25,27,40,42H,7-8,15,17-18H2,1-6H3,(H,37,43)(H,39,46). The molecule has 0 radical (unpaired) electrons. The van der Waals surface area contributed by atoms with Gasteiger partial charge in [0, 0.05) is 19.0 Å². The second kappa shape index (κ2) is 17.1. The van der Waals surface area contributed by atoms with E-state index in [9.17, 15) is 24.3 Å². The lowest BCUT2D eigenvalue weighted by atomic mass is 9.88. The zero-order chi connectivity index (χ0) is 35.8. The van der Waals surface area contributed by atoms with E-state index >= 15 is 0 Å². The summed E-state index contributed by atoms with van der Waals surface area (Å²) >= 11 is 17.0. The lowest BCUT2D eigenvalue weighted by Gasteiger charge is -2.35. The molecule has 1 fully saturated rings. The fourth-order valence-corrected chi connectivity index (χ4v) is 5.23. The van der Waals surface area contributed by atoms with E-state index in [1.807, 2.05) is 24.3 Å². The van der Waals surface area contributed by atoms with E-state index < -0.39 is 63.7 Å². The average molecular weight is 729 g/mol. The Morgan fingerprint density at radius 1 is 1.10 bits per heavy atom. The predicted molar refractivity (Wildman–Crippen MR) is 185 cm³/mol. The number of benzene rings is 1. The van der Waals surface area contributed by atoms with Gasteiger partial charge in [0.05, 0.1) is 29.3 Å². The number of carbonyl (C=O) groups is 4. The van der Waals surface area contributed by atoms with Crippen LogP contribution in [0.25, 0.3) is 17.0 Å². The number of halogens is 3. The van der Waals surface area contributed by atoms with Crippen molar-refractivity contribution in [2.45, 2.75) is 75.5 Å². The van der Waals surface area contributed by atoms with Gasteiger partial charge in [-0.05, 0) is 57.2 Å². The maximum Gasteiger partial charge on any atom is 0.325 e. The van der Waals surface area contributed by atoms with E-state index in [1.165, 1.54) is 19.0 Å². The number of esters is 1. The van der Waals surface area contributed by atoms with Gasteiger partial charge in [-0.2, -0.15) is 0 Å². The molecule has 0 saturated carbocycles. The molecule has 48 heavy (non-hydrogen) atoms. The normalized spacial score (nSPS) is 18.6. The number of nitrogens with zero attached hydrogens (tertiary/aromatic N) is 2. The van der Waals surface area contributed by atoms with Gasteiger partial charge in [-0.15, -0.1) is 0 Å². The number of aliphatic hydroxyl groups excluding tert-OH is 1. The van der Waals surface area contributed by atoms with Crippen LogP contribution in [0.5, 0.6) is 0 Å². The minimum atomic E-state index is -1.77. The van der Waals surface area contributed by atoms with E-state index in [1.54, 1.807) is 45.9 Å². The number of aromatic nitrogens is 1. The Bertz CT molecular complexity index is 1500. The first-order valence-corrected chi connectivity index (χ1v) is 16.8. The molecule has 1 aromatic heterocycles. The van der Waals surface area contributed by atoms with Crippen LogP contribution in [-0.2, 0) is 28.7 Å². The van der Waals surface area contributed by atoms with Crippen LogP contribution in [0.3, 0.4) is 0 Å². The second-order valence-electron chi connectivity index (χ2n) is 12.5. The number of ether oxygens (including phenoxy) is 2. The molecule has 1 aliphatic rings. The molecule has 0 spiro atoms. The molecule has 5 atom stereocenters. The number of alkyl halides is 3. The van der Waals surface area contributed by atoms with E-state index in [2.05, 4.69) is 21.0 Å². The van der Waals surface area contributed by atoms with Crippen molar-refractivity contribution in [1.29, 1.82) is 0 Å². The van der Waals surface area contributed by atoms with E-state index in [0.717, 1.165) is 10.9 Å². The van der Waals surface area contributed by atoms with Crippen molar-refractivity contribution in [1.82, 2.24) is 26.1 Å². The summed E-state index contributed by atoms with van der Waals surface area (Å²) in [5.74, 6) is -2.47. The number of rotatable bonds is 13. The highest BCUT2D eigenvalue weighted by Gasteiger charge is 2.37. The molecule has 1 aromatic carbocycles. The first-order valence-electron chi connectivity index (χ1n) is 15.6. The molecule has 264 valence electrons. The van der Waals surface area contributed by atoms with Crippen LogP contribution in [0.1, 0.15) is 64.8 Å². The van der Waals surface area contributed by atoms with Crippen molar-refractivity contribution < 1.29 is 33.8 Å². The Balaban J connectivity index is 1.68. The van der Waals surface area contributed by atoms with Crippen molar-refractivity contribution in [3.8, 4) is 0 Å². The maximum absolute atomic E-state index is 13.7. The Labute approximate surface area is 295 Å². The van der Waals surface area contributed by atoms with Gasteiger partial charge in [0.1, 0.15) is 24.7 Å². The Morgan fingerprint density at radius 2 is 1.79 bits per heavy atom. The predicted octanol–water partition coefficient (Wildman–Crippen LogP) is 4.01. The summed E-state index contributed by atoms with van der Waals surface area (Å²) in [6, 6.07) is 6.52. The number of pyridine rings is 1. The van der Waals surface area contributed by atoms with Crippen molar-refractivity contribution in [3.05, 3.63) is 47.7 Å². The van der Waals surface area contributed by atoms with Gasteiger partial charge in [0.25, 0.3) is 5.91 Å². The molecule has 2 aromatic rings. The molecule has 0 aliphatic carbocycles. The van der Waals surface area contributed by atoms with Gasteiger partial charge in [0.15, 0.2) is 0 Å². The van der Waals surface area contributed by atoms with Crippen LogP contribution in [0, 0.1) is 11.3 Å². The number of carbonyl (C=O) groups excluding carboxylic acids is 4. The number of hydrogen-bond acceptors (Lipinski definition) is 9. The number of hydrazine groups is 1. The van der Waals surface area contributed by atoms with Crippen molar-refractivity contribution in [2.75, 3.05) is 26.9 Å². The van der Waals surface area contributed by atoms with Crippen molar-refractivity contribution in [3.63, 3.8) is 0 Å². The quantitative estimate of drug-likeness (QED) is 0.177. The van der Waals surface area contributed by atoms with Crippen LogP contribution < -0.4 is 16.1 Å². The summed E-state index contributed by atoms with van der Waals surface area (Å²) in [6.45, 7) is 8.32. The van der Waals surface area contributed by atoms with Crippen LogP contribution in [0.4, 0.5) is 0 Å². The summed E-state index contributed by atoms with van der Waals surface area (Å²) in [5.41, 5.74) is 3.70. The number of nitrogens with one attached hydrogen (secondary N) is 3. The van der Waals surface area contributed by atoms with E-state index in [0.29, 0.717) is 30.6 Å². The van der Waals surface area contributed by atoms with E-state index in [-0.39, 0.29) is 12.5 Å². The number of aliphatic hydroxyl groups is 1. The summed E-state index contributed by atoms with van der Waals surface area (Å²) in [4.78, 5) is 57.3. The lowest BCUT2D eigenvalue weighted by molar-refractivity contribution is -0.152. The zero-order valence-electron chi connectivity index (χ0n) is 27.9. The minimum absolute atomic E-state index is 0.0283. The van der Waals surface area contributed by atoms with E-state index in [4.69, 9.17) is 44.3 Å². The van der Waals surface area contributed by atoms with Crippen molar-refractivity contribution >= 4 is 75.5 Å². The lowest BCUT2D eigenvalue weighted by Crippen LogP contribution is -2.61. The van der Waals surface area contributed by atoms with Gasteiger partial charge in [-0.25, -0.2) is 5.43 Å². The van der Waals surface area contributed by atoms with Gasteiger partial charge in [0.2, 0.25) is 15.6 Å². The van der Waals surface area contributed by atoms with Gasteiger partial charge in [-0.1, -0.05) is 79.0 Å². The molecule has 3 rings (SSSR count). The van der Waals surface area contributed by atoms with Crippen LogP contribution in [0.2, 0.25) is 0 Å². The highest BCUT2D eigenvalue weighted by Crippen LogP contribution is 2.27. The summed E-state index contributed by atoms with van der Waals surface area (Å²) in [5, 5.41) is 17.6. The average Bonchev–Trinajstić information content (AvgIpc) is 3.03. The largest absolute Gasteiger partial charge is 0.460 e. The first kappa shape index (κ1) is 39.4. The fraction of sp³-hybridized carbons (Fsp3) is 0.545. The fourth-order valence-electron chi connectivity index (χ4n) is 5.06. The third-order valence-electron chi connectivity index (χ3n) is 7.85. The number of amides is 3. The molecule has 4 N–H and O–H groups in total. The molecule has 0 bridgehead atoms. The summed E-state index contributed by atoms with van der Waals surface area (Å²) < 4.78 is 8.66. The molecule has 2 heterocycles. The zero-order valence-corrected chi connectivity index (χ0v) is 30.2. The van der Waals surface area contributed by atoms with Crippen LogP contribution in [-0.4, -0.2) is 87.6 Å². The summed E-state index contributed by atoms with van der Waals surface area (Å²) in [6.07, 6.45) is 3.69. The minimum Gasteiger partial charge on any atom is -0.460 e. The molecule has 15 heteroatoms. The molecule has 1 saturated heterocycles. The molecule has 1 aliphatic heterocycles. The monoisotopic (exact) mass is 727 g/mol. The molecule has 12 nitrogen and oxygen atoms in total. The SMILES string of the molecule is COCC(C)(C=Cc1ccc2ccc(C(C)O)nc2c1)C(=O)NC(C(=O)NC(C)C(=O)N1CCCC(C(=O)OCC(Cl)(Cl)Cl)N1)C(C)C. The number of fused-ring (bicyclic) bond motifs is 1. The van der Waals surface area contributed by atoms with Crippen LogP contribution >= 0.6 is 34.8 Å². The van der Waals surface area contributed by atoms with Gasteiger partial charge < -0.3 is 25.2 Å². The Morgan fingerprint density at radius 3 is 2.42 bits per heavy atom. The van der Waals surface area contributed by atoms with Crippen LogP contribution in [0.15, 0.2) is 36.4 Å². The van der Waals surface area contributed by atoms with Gasteiger partial charge >= 0.3 is 5.97 Å². The Kier molecular flexibility index (Phi) is 14.0. The smallest absolute Gasteiger partial charge is 0.325 e. The molecule has 5 unspecified atom stereocenters. The number of methoxy groups -OCH3 is 1. The molecular formula is C33H44Cl3N5O7. The summed E-state index contributed by atoms with van der Waals surface area (Å²) in [7, 11) is 1.48. The highest BCUT2D eigenvalue weighted by atomic mass is 35.6. The maximum atomic E-state index is 13.7. The van der Waals surface area contributed by atoms with Crippen molar-refractivity contribution in [2.24, 2.45) is 11.3 Å². The molecular weight excluding hydrogens is 685 g/mol. The number of hydrogen-bond donors (Lipinski definition) is 4. The molecule has 3 amide bonds. The second-order valence-corrected chi connectivity index (χ2v) is 15.0.